The van der Waals surface area contributed by atoms with Crippen LogP contribution < -0.4 is 0 Å². The minimum absolute atomic E-state index is 0.111. The summed E-state index contributed by atoms with van der Waals surface area (Å²) in [5.74, 6) is 0.921. The summed E-state index contributed by atoms with van der Waals surface area (Å²) in [5, 5.41) is 3.61. The monoisotopic (exact) mass is 666 g/mol. The largest absolute Gasteiger partial charge is 0.307 e. The molecule has 1 aliphatic carbocycles. The molecule has 0 radical (unpaired) electrons. The maximum Gasteiger partial charge on any atom is 0.165 e. The molecule has 3 heterocycles. The summed E-state index contributed by atoms with van der Waals surface area (Å²) in [6, 6.07) is 61.4. The average molecular weight is 667 g/mol. The van der Waals surface area contributed by atoms with Gasteiger partial charge in [0.1, 0.15) is 11.3 Å². The molecule has 0 saturated carbocycles. The van der Waals surface area contributed by atoms with Crippen molar-refractivity contribution in [1.29, 1.82) is 0 Å². The van der Waals surface area contributed by atoms with Gasteiger partial charge < -0.3 is 4.57 Å². The summed E-state index contributed by atoms with van der Waals surface area (Å²) in [6.07, 6.45) is 0. The predicted octanol–water partition coefficient (Wildman–Crippen LogP) is 12.0. The highest BCUT2D eigenvalue weighted by Crippen LogP contribution is 2.50. The van der Waals surface area contributed by atoms with Gasteiger partial charge >= 0.3 is 0 Å². The van der Waals surface area contributed by atoms with Crippen LogP contribution in [0.1, 0.15) is 25.0 Å². The fourth-order valence-electron chi connectivity index (χ4n) is 8.91. The van der Waals surface area contributed by atoms with Gasteiger partial charge in [-0.2, -0.15) is 0 Å². The zero-order chi connectivity index (χ0) is 34.6. The lowest BCUT2D eigenvalue weighted by atomic mass is 9.82. The van der Waals surface area contributed by atoms with E-state index in [0.717, 1.165) is 50.5 Å². The minimum atomic E-state index is -0.111. The highest BCUT2D eigenvalue weighted by Gasteiger charge is 2.36. The van der Waals surface area contributed by atoms with Crippen molar-refractivity contribution in [3.05, 3.63) is 181 Å². The molecule has 4 nitrogen and oxygen atoms in total. The Morgan fingerprint density at radius 3 is 1.79 bits per heavy atom. The van der Waals surface area contributed by atoms with E-state index in [1.807, 2.05) is 0 Å². The van der Waals surface area contributed by atoms with Gasteiger partial charge in [0, 0.05) is 44.2 Å². The van der Waals surface area contributed by atoms with Crippen LogP contribution in [0.15, 0.2) is 170 Å². The van der Waals surface area contributed by atoms with Crippen LogP contribution in [-0.2, 0) is 5.41 Å². The second-order valence-corrected chi connectivity index (χ2v) is 14.4. The van der Waals surface area contributed by atoms with Crippen molar-refractivity contribution in [2.24, 2.45) is 0 Å². The molecule has 11 rings (SSSR count). The number of hydrogen-bond donors (Lipinski definition) is 0. The Labute approximate surface area is 301 Å². The Morgan fingerprint density at radius 2 is 1.02 bits per heavy atom. The molecule has 7 aromatic carbocycles. The summed E-state index contributed by atoms with van der Waals surface area (Å²) in [4.78, 5) is 5.54. The molecule has 246 valence electrons. The molecule has 0 aliphatic heterocycles. The second kappa shape index (κ2) is 10.7. The van der Waals surface area contributed by atoms with Crippen LogP contribution >= 0.6 is 0 Å². The van der Waals surface area contributed by atoms with Gasteiger partial charge in [0.2, 0.25) is 0 Å². The molecule has 0 unspecified atom stereocenters. The number of aromatic nitrogens is 4. The van der Waals surface area contributed by atoms with Crippen LogP contribution in [0.4, 0.5) is 0 Å². The molecule has 10 aromatic rings. The van der Waals surface area contributed by atoms with Crippen molar-refractivity contribution in [2.45, 2.75) is 19.3 Å². The van der Waals surface area contributed by atoms with Gasteiger partial charge in [0.05, 0.1) is 16.6 Å². The zero-order valence-corrected chi connectivity index (χ0v) is 29.0. The fraction of sp³-hybridized carbons (Fsp3) is 0.0625. The van der Waals surface area contributed by atoms with Crippen LogP contribution in [0.3, 0.4) is 0 Å². The summed E-state index contributed by atoms with van der Waals surface area (Å²) >= 11 is 0. The summed E-state index contributed by atoms with van der Waals surface area (Å²) in [7, 11) is 0. The molecule has 0 spiro atoms. The second-order valence-electron chi connectivity index (χ2n) is 14.4. The molecular weight excluding hydrogens is 633 g/mol. The van der Waals surface area contributed by atoms with E-state index < -0.39 is 0 Å². The molecular formula is C48H34N4. The molecule has 0 fully saturated rings. The predicted molar refractivity (Wildman–Crippen MR) is 215 cm³/mol. The normalized spacial score (nSPS) is 13.3. The number of nitrogens with zero attached hydrogens (tertiary/aromatic N) is 4. The van der Waals surface area contributed by atoms with Gasteiger partial charge in [-0.25, -0.2) is 4.98 Å². The first-order valence-electron chi connectivity index (χ1n) is 18.0. The third-order valence-corrected chi connectivity index (χ3v) is 11.2. The fourth-order valence-corrected chi connectivity index (χ4v) is 8.91. The summed E-state index contributed by atoms with van der Waals surface area (Å²) in [6.45, 7) is 4.72. The van der Waals surface area contributed by atoms with E-state index in [4.69, 9.17) is 4.98 Å². The smallest absolute Gasteiger partial charge is 0.165 e. The lowest BCUT2D eigenvalue weighted by Crippen LogP contribution is -2.15. The average Bonchev–Trinajstić information content (AvgIpc) is 3.91. The number of hydrogen-bond acceptors (Lipinski definition) is 1. The molecule has 3 aromatic heterocycles. The zero-order valence-electron chi connectivity index (χ0n) is 29.0. The van der Waals surface area contributed by atoms with E-state index >= 15 is 0 Å². The third kappa shape index (κ3) is 3.89. The number of para-hydroxylation sites is 3. The maximum absolute atomic E-state index is 5.54. The van der Waals surface area contributed by atoms with E-state index in [-0.39, 0.29) is 5.41 Å². The molecule has 0 amide bonds. The molecule has 1 aliphatic rings. The Bertz CT molecular complexity index is 3020. The molecule has 0 atom stereocenters. The van der Waals surface area contributed by atoms with Crippen LogP contribution in [0, 0.1) is 0 Å². The number of benzene rings is 7. The topological polar surface area (TPSA) is 27.7 Å². The first kappa shape index (κ1) is 29.1. The number of imidazole rings is 1. The van der Waals surface area contributed by atoms with Crippen molar-refractivity contribution in [1.82, 2.24) is 18.7 Å². The van der Waals surface area contributed by atoms with Gasteiger partial charge in [0.15, 0.2) is 5.65 Å². The minimum Gasteiger partial charge on any atom is -0.307 e. The van der Waals surface area contributed by atoms with Crippen molar-refractivity contribution in [2.75, 3.05) is 0 Å². The number of fused-ring (bicyclic) bond motifs is 10. The molecule has 52 heavy (non-hydrogen) atoms. The Hall–Kier alpha value is -6.65. The lowest BCUT2D eigenvalue weighted by Gasteiger charge is -2.22. The third-order valence-electron chi connectivity index (χ3n) is 11.2. The first-order valence-corrected chi connectivity index (χ1v) is 18.0. The van der Waals surface area contributed by atoms with E-state index in [0.29, 0.717) is 0 Å². The number of rotatable bonds is 4. The van der Waals surface area contributed by atoms with E-state index in [1.165, 1.54) is 44.1 Å². The van der Waals surface area contributed by atoms with Gasteiger partial charge in [-0.05, 0) is 70.8 Å². The van der Waals surface area contributed by atoms with Crippen LogP contribution in [0.5, 0.6) is 0 Å². The highest BCUT2D eigenvalue weighted by molar-refractivity contribution is 6.23. The highest BCUT2D eigenvalue weighted by atomic mass is 15.2. The maximum atomic E-state index is 5.54. The Morgan fingerprint density at radius 1 is 0.423 bits per heavy atom. The van der Waals surface area contributed by atoms with Crippen molar-refractivity contribution >= 4 is 43.9 Å². The molecule has 4 heteroatoms. The van der Waals surface area contributed by atoms with Gasteiger partial charge in [-0.3, -0.25) is 9.13 Å². The van der Waals surface area contributed by atoms with Crippen molar-refractivity contribution in [3.8, 4) is 39.6 Å². The van der Waals surface area contributed by atoms with E-state index in [9.17, 15) is 0 Å². The standard InChI is InChI=1S/C48H34N4/c1-48(2)40-24-14-12-22-35(40)36-27-26-34(30-41(36)48)50-42-25-15-13-23-37(42)38-28-29-39-44(43(38)50)51(32-18-8-4-9-19-32)47-45(39)52(33-20-10-5-11-21-33)46(49-47)31-16-6-3-7-17-31/h3-30H,1-2H3. The van der Waals surface area contributed by atoms with Crippen molar-refractivity contribution in [3.63, 3.8) is 0 Å². The SMILES string of the molecule is CC1(C)c2ccccc2-c2ccc(-n3c4ccccc4c4ccc5c6c(nc(-c7ccccc7)n6-c6ccccc6)n(-c6ccccc6)c5c43)cc21. The van der Waals surface area contributed by atoms with E-state index in [2.05, 4.69) is 197 Å². The lowest BCUT2D eigenvalue weighted by molar-refractivity contribution is 0.660. The Kier molecular flexibility index (Phi) is 5.98. The van der Waals surface area contributed by atoms with Crippen LogP contribution in [-0.4, -0.2) is 18.7 Å². The van der Waals surface area contributed by atoms with Crippen LogP contribution in [0.2, 0.25) is 0 Å². The van der Waals surface area contributed by atoms with Gasteiger partial charge in [-0.1, -0.05) is 135 Å². The summed E-state index contributed by atoms with van der Waals surface area (Å²) in [5.41, 5.74) is 15.2. The molecule has 0 N–H and O–H groups in total. The molecule has 0 saturated heterocycles. The van der Waals surface area contributed by atoms with Crippen molar-refractivity contribution < 1.29 is 0 Å². The Balaban J connectivity index is 1.32. The first-order chi connectivity index (χ1) is 25.6. The quantitative estimate of drug-likeness (QED) is 0.184. The van der Waals surface area contributed by atoms with Crippen LogP contribution in [0.25, 0.3) is 83.4 Å². The van der Waals surface area contributed by atoms with Gasteiger partial charge in [-0.15, -0.1) is 0 Å². The summed E-state index contributed by atoms with van der Waals surface area (Å²) < 4.78 is 7.23. The molecule has 0 bridgehead atoms. The van der Waals surface area contributed by atoms with Gasteiger partial charge in [0.25, 0.3) is 0 Å². The van der Waals surface area contributed by atoms with E-state index in [1.54, 1.807) is 0 Å².